The summed E-state index contributed by atoms with van der Waals surface area (Å²) in [5, 5.41) is 14.3. The Bertz CT molecular complexity index is 460. The second-order valence-electron chi connectivity index (χ2n) is 4.43. The minimum atomic E-state index is -0.497. The zero-order valence-electron chi connectivity index (χ0n) is 11.7. The Hall–Kier alpha value is -2.08. The number of nitrogens with one attached hydrogen (secondary N) is 2. The van der Waals surface area contributed by atoms with Crippen LogP contribution in [0.15, 0.2) is 24.3 Å². The van der Waals surface area contributed by atoms with Crippen LogP contribution in [0.3, 0.4) is 0 Å². The molecule has 1 rings (SSSR count). The average molecular weight is 280 g/mol. The van der Waals surface area contributed by atoms with Gasteiger partial charge in [0.1, 0.15) is 5.75 Å². The van der Waals surface area contributed by atoms with E-state index >= 15 is 0 Å². The Morgan fingerprint density at radius 1 is 1.35 bits per heavy atom. The van der Waals surface area contributed by atoms with Gasteiger partial charge in [0.25, 0.3) is 5.91 Å². The fraction of sp³-hybridized carbons (Fsp3) is 0.429. The van der Waals surface area contributed by atoms with E-state index in [2.05, 4.69) is 10.6 Å². The van der Waals surface area contributed by atoms with E-state index in [1.807, 2.05) is 0 Å². The first-order valence-electron chi connectivity index (χ1n) is 6.42. The number of hydrogen-bond acceptors (Lipinski definition) is 4. The van der Waals surface area contributed by atoms with E-state index in [1.54, 1.807) is 31.2 Å². The van der Waals surface area contributed by atoms with Gasteiger partial charge in [-0.25, -0.2) is 0 Å². The van der Waals surface area contributed by atoms with Gasteiger partial charge in [0, 0.05) is 25.2 Å². The summed E-state index contributed by atoms with van der Waals surface area (Å²) < 4.78 is 5.28. The van der Waals surface area contributed by atoms with Gasteiger partial charge in [-0.1, -0.05) is 6.07 Å². The van der Waals surface area contributed by atoms with E-state index in [0.29, 0.717) is 17.9 Å². The van der Waals surface area contributed by atoms with Gasteiger partial charge < -0.3 is 20.5 Å². The molecule has 0 aliphatic rings. The van der Waals surface area contributed by atoms with Gasteiger partial charge in [-0.3, -0.25) is 9.59 Å². The molecule has 2 amide bonds. The van der Waals surface area contributed by atoms with Gasteiger partial charge in [0.05, 0.1) is 6.10 Å². The highest BCUT2D eigenvalue weighted by atomic mass is 16.5. The molecule has 0 aliphatic heterocycles. The Morgan fingerprint density at radius 3 is 2.75 bits per heavy atom. The first-order chi connectivity index (χ1) is 9.51. The number of amides is 2. The monoisotopic (exact) mass is 280 g/mol. The third-order valence-electron chi connectivity index (χ3n) is 2.56. The van der Waals surface area contributed by atoms with Crippen LogP contribution in [-0.4, -0.2) is 36.7 Å². The molecule has 6 nitrogen and oxygen atoms in total. The van der Waals surface area contributed by atoms with Crippen molar-refractivity contribution in [1.82, 2.24) is 5.32 Å². The first kappa shape index (κ1) is 16.0. The number of benzene rings is 1. The molecule has 1 atom stereocenters. The number of rotatable bonds is 7. The molecule has 1 aromatic rings. The van der Waals surface area contributed by atoms with Gasteiger partial charge in [0.2, 0.25) is 5.91 Å². The number of likely N-dealkylation sites (N-methyl/N-ethyl adjacent to an activating group) is 1. The molecule has 6 heteroatoms. The summed E-state index contributed by atoms with van der Waals surface area (Å²) >= 11 is 0. The van der Waals surface area contributed by atoms with Crippen LogP contribution >= 0.6 is 0 Å². The molecule has 0 saturated heterocycles. The van der Waals surface area contributed by atoms with Crippen LogP contribution in [0.1, 0.15) is 19.8 Å². The summed E-state index contributed by atoms with van der Waals surface area (Å²) in [5.74, 6) is 0.104. The lowest BCUT2D eigenvalue weighted by Gasteiger charge is -2.09. The molecule has 0 bridgehead atoms. The number of ether oxygens (including phenoxy) is 1. The highest BCUT2D eigenvalue weighted by Crippen LogP contribution is 2.17. The quantitative estimate of drug-likeness (QED) is 0.693. The molecule has 0 radical (unpaired) electrons. The lowest BCUT2D eigenvalue weighted by molar-refractivity contribution is -0.122. The SMILES string of the molecule is CNC(=O)COc1cccc(NC(=O)CCC(C)O)c1. The van der Waals surface area contributed by atoms with E-state index in [1.165, 1.54) is 7.05 Å². The molecule has 0 spiro atoms. The predicted octanol–water partition coefficient (Wildman–Crippen LogP) is 0.911. The molecule has 20 heavy (non-hydrogen) atoms. The number of carbonyl (C=O) groups is 2. The summed E-state index contributed by atoms with van der Waals surface area (Å²) in [5.41, 5.74) is 0.593. The Labute approximate surface area is 118 Å². The van der Waals surface area contributed by atoms with Gasteiger partial charge >= 0.3 is 0 Å². The summed E-state index contributed by atoms with van der Waals surface area (Å²) in [6, 6.07) is 6.80. The zero-order chi connectivity index (χ0) is 15.0. The summed E-state index contributed by atoms with van der Waals surface area (Å²) in [6.07, 6.45) is 0.169. The Balaban J connectivity index is 2.50. The number of anilines is 1. The van der Waals surface area contributed by atoms with E-state index in [0.717, 1.165) is 0 Å². The number of hydrogen-bond donors (Lipinski definition) is 3. The van der Waals surface area contributed by atoms with Crippen molar-refractivity contribution in [3.05, 3.63) is 24.3 Å². The number of aliphatic hydroxyl groups is 1. The van der Waals surface area contributed by atoms with Crippen molar-refractivity contribution >= 4 is 17.5 Å². The van der Waals surface area contributed by atoms with Crippen molar-refractivity contribution in [3.8, 4) is 5.75 Å². The molecule has 0 fully saturated rings. The lowest BCUT2D eigenvalue weighted by Crippen LogP contribution is -2.24. The van der Waals surface area contributed by atoms with E-state index < -0.39 is 6.10 Å². The summed E-state index contributed by atoms with van der Waals surface area (Å²) in [4.78, 5) is 22.7. The standard InChI is InChI=1S/C14H20N2O4/c1-10(17)6-7-13(18)16-11-4-3-5-12(8-11)20-9-14(19)15-2/h3-5,8,10,17H,6-7,9H2,1-2H3,(H,15,19)(H,16,18). The number of carbonyl (C=O) groups excluding carboxylic acids is 2. The van der Waals surface area contributed by atoms with Gasteiger partial charge in [-0.05, 0) is 25.5 Å². The van der Waals surface area contributed by atoms with Crippen LogP contribution in [-0.2, 0) is 9.59 Å². The molecule has 1 unspecified atom stereocenters. The van der Waals surface area contributed by atoms with Crippen LogP contribution < -0.4 is 15.4 Å². The van der Waals surface area contributed by atoms with E-state index in [4.69, 9.17) is 9.84 Å². The molecule has 0 aromatic heterocycles. The van der Waals surface area contributed by atoms with Crippen LogP contribution in [0, 0.1) is 0 Å². The highest BCUT2D eigenvalue weighted by Gasteiger charge is 2.06. The van der Waals surface area contributed by atoms with Gasteiger partial charge in [-0.15, -0.1) is 0 Å². The third kappa shape index (κ3) is 6.19. The Morgan fingerprint density at radius 2 is 2.10 bits per heavy atom. The first-order valence-corrected chi connectivity index (χ1v) is 6.42. The van der Waals surface area contributed by atoms with Crippen molar-refractivity contribution < 1.29 is 19.4 Å². The maximum absolute atomic E-state index is 11.6. The largest absolute Gasteiger partial charge is 0.484 e. The maximum Gasteiger partial charge on any atom is 0.257 e. The summed E-state index contributed by atoms with van der Waals surface area (Å²) in [7, 11) is 1.53. The fourth-order valence-electron chi connectivity index (χ4n) is 1.45. The molecular weight excluding hydrogens is 260 g/mol. The van der Waals surface area contributed by atoms with Crippen molar-refractivity contribution in [2.24, 2.45) is 0 Å². The average Bonchev–Trinajstić information content (AvgIpc) is 2.43. The molecule has 0 heterocycles. The van der Waals surface area contributed by atoms with Crippen LogP contribution in [0.5, 0.6) is 5.75 Å². The molecule has 0 saturated carbocycles. The fourth-order valence-corrected chi connectivity index (χ4v) is 1.45. The van der Waals surface area contributed by atoms with E-state index in [9.17, 15) is 9.59 Å². The van der Waals surface area contributed by atoms with Crippen molar-refractivity contribution in [3.63, 3.8) is 0 Å². The van der Waals surface area contributed by atoms with Gasteiger partial charge in [0.15, 0.2) is 6.61 Å². The van der Waals surface area contributed by atoms with Crippen LogP contribution in [0.25, 0.3) is 0 Å². The minimum Gasteiger partial charge on any atom is -0.484 e. The smallest absolute Gasteiger partial charge is 0.257 e. The topological polar surface area (TPSA) is 87.7 Å². The van der Waals surface area contributed by atoms with Crippen molar-refractivity contribution in [2.75, 3.05) is 19.0 Å². The van der Waals surface area contributed by atoms with Gasteiger partial charge in [-0.2, -0.15) is 0 Å². The van der Waals surface area contributed by atoms with Crippen LogP contribution in [0.2, 0.25) is 0 Å². The number of aliphatic hydroxyl groups excluding tert-OH is 1. The second kappa shape index (κ2) is 8.16. The highest BCUT2D eigenvalue weighted by molar-refractivity contribution is 5.90. The molecule has 1 aromatic carbocycles. The van der Waals surface area contributed by atoms with E-state index in [-0.39, 0.29) is 24.8 Å². The summed E-state index contributed by atoms with van der Waals surface area (Å²) in [6.45, 7) is 1.57. The molecule has 0 aliphatic carbocycles. The minimum absolute atomic E-state index is 0.0735. The second-order valence-corrected chi connectivity index (χ2v) is 4.43. The maximum atomic E-state index is 11.6. The van der Waals surface area contributed by atoms with Crippen molar-refractivity contribution in [2.45, 2.75) is 25.9 Å². The lowest BCUT2D eigenvalue weighted by atomic mass is 10.2. The van der Waals surface area contributed by atoms with Crippen molar-refractivity contribution in [1.29, 1.82) is 0 Å². The molecule has 110 valence electrons. The molecule has 3 N–H and O–H groups in total. The Kier molecular flexibility index (Phi) is 6.52. The zero-order valence-corrected chi connectivity index (χ0v) is 11.7. The molecular formula is C14H20N2O4. The normalized spacial score (nSPS) is 11.6. The van der Waals surface area contributed by atoms with Crippen LogP contribution in [0.4, 0.5) is 5.69 Å². The predicted molar refractivity (Wildman–Crippen MR) is 75.5 cm³/mol. The third-order valence-corrected chi connectivity index (χ3v) is 2.56.